The van der Waals surface area contributed by atoms with Crippen LogP contribution >= 0.6 is 0 Å². The highest BCUT2D eigenvalue weighted by Crippen LogP contribution is 2.33. The van der Waals surface area contributed by atoms with E-state index in [-0.39, 0.29) is 0 Å². The third-order valence-electron chi connectivity index (χ3n) is 4.01. The molecule has 0 bridgehead atoms. The maximum atomic E-state index is 6.06. The maximum Gasteiger partial charge on any atom is 0.144 e. The normalized spacial score (nSPS) is 11.2. The molecule has 0 aliphatic carbocycles. The fraction of sp³-hybridized carbons (Fsp3) is 0.700. The zero-order chi connectivity index (χ0) is 17.9. The molecule has 0 aliphatic rings. The number of anilines is 2. The monoisotopic (exact) mass is 336 g/mol. The molecule has 0 radical (unpaired) electrons. The smallest absolute Gasteiger partial charge is 0.144 e. The topological polar surface area (TPSA) is 70.5 Å². The van der Waals surface area contributed by atoms with Crippen LogP contribution < -0.4 is 20.9 Å². The summed E-state index contributed by atoms with van der Waals surface area (Å²) in [4.78, 5) is 0. The predicted molar refractivity (Wildman–Crippen MR) is 104 cm³/mol. The highest BCUT2D eigenvalue weighted by molar-refractivity contribution is 5.67. The Morgan fingerprint density at radius 1 is 0.708 bits per heavy atom. The van der Waals surface area contributed by atoms with Crippen molar-refractivity contribution in [3.63, 3.8) is 0 Å². The second-order valence-corrected chi connectivity index (χ2v) is 7.40. The molecule has 0 saturated carbocycles. The number of hydrogen-bond donors (Lipinski definition) is 2. The van der Waals surface area contributed by atoms with Gasteiger partial charge in [-0.1, -0.05) is 40.5 Å². The van der Waals surface area contributed by atoms with Gasteiger partial charge in [0.05, 0.1) is 24.6 Å². The van der Waals surface area contributed by atoms with E-state index in [0.717, 1.165) is 24.7 Å². The van der Waals surface area contributed by atoms with Gasteiger partial charge in [0, 0.05) is 12.1 Å². The van der Waals surface area contributed by atoms with Crippen LogP contribution in [0.3, 0.4) is 0 Å². The Bertz CT molecular complexity index is 429. The first kappa shape index (κ1) is 20.5. The molecule has 0 amide bonds. The van der Waals surface area contributed by atoms with Crippen LogP contribution in [0.5, 0.6) is 11.5 Å². The van der Waals surface area contributed by atoms with Gasteiger partial charge in [0.15, 0.2) is 0 Å². The summed E-state index contributed by atoms with van der Waals surface area (Å²) >= 11 is 0. The van der Waals surface area contributed by atoms with Gasteiger partial charge in [-0.15, -0.1) is 0 Å². The summed E-state index contributed by atoms with van der Waals surface area (Å²) in [6.45, 7) is 10.3. The van der Waals surface area contributed by atoms with Gasteiger partial charge < -0.3 is 20.9 Å². The molecule has 0 heterocycles. The summed E-state index contributed by atoms with van der Waals surface area (Å²) < 4.78 is 11.5. The SMILES string of the molecule is CC(C)CCCCOc1cc(N)c(OCCCCC(C)C)cc1N. The molecule has 4 N–H and O–H groups in total. The minimum absolute atomic E-state index is 0.588. The third-order valence-corrected chi connectivity index (χ3v) is 4.01. The predicted octanol–water partition coefficient (Wildman–Crippen LogP) is 5.26. The lowest BCUT2D eigenvalue weighted by Crippen LogP contribution is -2.05. The molecule has 4 nitrogen and oxygen atoms in total. The Kier molecular flexibility index (Phi) is 9.43. The Labute approximate surface area is 147 Å². The highest BCUT2D eigenvalue weighted by Gasteiger charge is 2.08. The summed E-state index contributed by atoms with van der Waals surface area (Å²) in [6.07, 6.45) is 6.86. The molecule has 0 spiro atoms. The highest BCUT2D eigenvalue weighted by atomic mass is 16.5. The summed E-state index contributed by atoms with van der Waals surface area (Å²) in [5.41, 5.74) is 13.3. The van der Waals surface area contributed by atoms with Crippen molar-refractivity contribution >= 4 is 11.4 Å². The molecule has 0 unspecified atom stereocenters. The average molecular weight is 337 g/mol. The number of rotatable bonds is 12. The number of benzene rings is 1. The zero-order valence-corrected chi connectivity index (χ0v) is 15.9. The van der Waals surface area contributed by atoms with Crippen molar-refractivity contribution in [2.24, 2.45) is 11.8 Å². The fourth-order valence-corrected chi connectivity index (χ4v) is 2.51. The standard InChI is InChI=1S/C20H36N2O2/c1-15(2)9-5-7-11-23-19-13-18(22)20(14-17(19)21)24-12-8-6-10-16(3)4/h13-16H,5-12,21-22H2,1-4H3. The second kappa shape index (κ2) is 11.1. The first-order valence-electron chi connectivity index (χ1n) is 9.34. The molecule has 0 atom stereocenters. The van der Waals surface area contributed by atoms with Gasteiger partial charge in [-0.05, 0) is 37.5 Å². The van der Waals surface area contributed by atoms with Crippen molar-refractivity contribution < 1.29 is 9.47 Å². The van der Waals surface area contributed by atoms with E-state index in [9.17, 15) is 0 Å². The molecular weight excluding hydrogens is 300 g/mol. The number of ether oxygens (including phenoxy) is 2. The largest absolute Gasteiger partial charge is 0.491 e. The van der Waals surface area contributed by atoms with Crippen molar-refractivity contribution in [1.29, 1.82) is 0 Å². The molecule has 0 aliphatic heterocycles. The van der Waals surface area contributed by atoms with Crippen LogP contribution in [0.1, 0.15) is 66.2 Å². The zero-order valence-electron chi connectivity index (χ0n) is 15.9. The lowest BCUT2D eigenvalue weighted by atomic mass is 10.1. The van der Waals surface area contributed by atoms with E-state index >= 15 is 0 Å². The van der Waals surface area contributed by atoms with Crippen LogP contribution in [0.15, 0.2) is 12.1 Å². The summed E-state index contributed by atoms with van der Waals surface area (Å²) in [7, 11) is 0. The molecule has 0 saturated heterocycles. The minimum atomic E-state index is 0.588. The van der Waals surface area contributed by atoms with E-state index in [1.54, 1.807) is 12.1 Å². The Balaban J connectivity index is 2.39. The van der Waals surface area contributed by atoms with Gasteiger partial charge in [0.25, 0.3) is 0 Å². The summed E-state index contributed by atoms with van der Waals surface area (Å²) in [5.74, 6) is 2.79. The van der Waals surface area contributed by atoms with Gasteiger partial charge in [-0.2, -0.15) is 0 Å². The van der Waals surface area contributed by atoms with Crippen LogP contribution in [0.25, 0.3) is 0 Å². The molecule has 0 fully saturated rings. The maximum absolute atomic E-state index is 6.06. The van der Waals surface area contributed by atoms with Gasteiger partial charge in [-0.3, -0.25) is 0 Å². The number of nitrogens with two attached hydrogens (primary N) is 2. The molecule has 1 rings (SSSR count). The van der Waals surface area contributed by atoms with Crippen LogP contribution in [0.2, 0.25) is 0 Å². The molecule has 0 aromatic heterocycles. The first-order valence-corrected chi connectivity index (χ1v) is 9.34. The number of unbranched alkanes of at least 4 members (excludes halogenated alkanes) is 2. The van der Waals surface area contributed by atoms with Crippen molar-refractivity contribution in [1.82, 2.24) is 0 Å². The average Bonchev–Trinajstić information content (AvgIpc) is 2.50. The van der Waals surface area contributed by atoms with Gasteiger partial charge >= 0.3 is 0 Å². The first-order chi connectivity index (χ1) is 11.4. The Hall–Kier alpha value is -1.58. The fourth-order valence-electron chi connectivity index (χ4n) is 2.51. The molecule has 1 aromatic carbocycles. The van der Waals surface area contributed by atoms with Gasteiger partial charge in [-0.25, -0.2) is 0 Å². The molecule has 138 valence electrons. The summed E-state index contributed by atoms with van der Waals surface area (Å²) in [5, 5.41) is 0. The van der Waals surface area contributed by atoms with E-state index in [0.29, 0.717) is 36.1 Å². The minimum Gasteiger partial charge on any atom is -0.491 e. The quantitative estimate of drug-likeness (QED) is 0.403. The Morgan fingerprint density at radius 3 is 1.42 bits per heavy atom. The van der Waals surface area contributed by atoms with Crippen LogP contribution in [-0.4, -0.2) is 13.2 Å². The summed E-state index contributed by atoms with van der Waals surface area (Å²) in [6, 6.07) is 3.56. The van der Waals surface area contributed by atoms with Crippen molar-refractivity contribution in [2.75, 3.05) is 24.7 Å². The third kappa shape index (κ3) is 8.32. The van der Waals surface area contributed by atoms with E-state index in [2.05, 4.69) is 27.7 Å². The van der Waals surface area contributed by atoms with E-state index < -0.39 is 0 Å². The second-order valence-electron chi connectivity index (χ2n) is 7.40. The van der Waals surface area contributed by atoms with Crippen molar-refractivity contribution in [2.45, 2.75) is 66.2 Å². The van der Waals surface area contributed by atoms with Gasteiger partial charge in [0.2, 0.25) is 0 Å². The van der Waals surface area contributed by atoms with Crippen molar-refractivity contribution in [3.8, 4) is 11.5 Å². The molecule has 24 heavy (non-hydrogen) atoms. The lowest BCUT2D eigenvalue weighted by molar-refractivity contribution is 0.296. The van der Waals surface area contributed by atoms with Crippen LogP contribution in [0.4, 0.5) is 11.4 Å². The molecule has 1 aromatic rings. The van der Waals surface area contributed by atoms with Gasteiger partial charge in [0.1, 0.15) is 11.5 Å². The van der Waals surface area contributed by atoms with Crippen LogP contribution in [0, 0.1) is 11.8 Å². The lowest BCUT2D eigenvalue weighted by Gasteiger charge is -2.14. The Morgan fingerprint density at radius 2 is 1.08 bits per heavy atom. The molecule has 4 heteroatoms. The number of nitrogen functional groups attached to an aromatic ring is 2. The van der Waals surface area contributed by atoms with Crippen molar-refractivity contribution in [3.05, 3.63) is 12.1 Å². The van der Waals surface area contributed by atoms with E-state index in [1.807, 2.05) is 0 Å². The molecular formula is C20H36N2O2. The van der Waals surface area contributed by atoms with Crippen LogP contribution in [-0.2, 0) is 0 Å². The number of hydrogen-bond acceptors (Lipinski definition) is 4. The van der Waals surface area contributed by atoms with E-state index in [4.69, 9.17) is 20.9 Å². The van der Waals surface area contributed by atoms with E-state index in [1.165, 1.54) is 25.7 Å².